The van der Waals surface area contributed by atoms with Gasteiger partial charge in [-0.1, -0.05) is 6.92 Å². The number of benzene rings is 1. The van der Waals surface area contributed by atoms with E-state index >= 15 is 0 Å². The Morgan fingerprint density at radius 3 is 2.77 bits per heavy atom. The topological polar surface area (TPSA) is 21.3 Å². The number of hydrogen-bond donors (Lipinski definition) is 1. The van der Waals surface area contributed by atoms with Gasteiger partial charge in [0.25, 0.3) is 0 Å². The second kappa shape index (κ2) is 2.95. The standard InChI is InChI=1S/C11H15NO/c1-7-8(2)12-11-5-4-9(13-3)6-10(7)11/h4-8,12H,1-3H3/t7-,8+/m0/s1. The van der Waals surface area contributed by atoms with E-state index < -0.39 is 0 Å². The van der Waals surface area contributed by atoms with Gasteiger partial charge in [0.1, 0.15) is 5.75 Å². The van der Waals surface area contributed by atoms with E-state index in [1.807, 2.05) is 6.07 Å². The summed E-state index contributed by atoms with van der Waals surface area (Å²) < 4.78 is 5.20. The number of fused-ring (bicyclic) bond motifs is 1. The molecule has 0 amide bonds. The molecule has 1 aliphatic heterocycles. The Morgan fingerprint density at radius 1 is 1.31 bits per heavy atom. The molecule has 0 saturated heterocycles. The molecule has 0 fully saturated rings. The van der Waals surface area contributed by atoms with Gasteiger partial charge in [0.2, 0.25) is 0 Å². The van der Waals surface area contributed by atoms with Crippen molar-refractivity contribution in [2.24, 2.45) is 0 Å². The highest BCUT2D eigenvalue weighted by Crippen LogP contribution is 2.37. The maximum Gasteiger partial charge on any atom is 0.119 e. The van der Waals surface area contributed by atoms with Gasteiger partial charge in [0.05, 0.1) is 7.11 Å². The third kappa shape index (κ3) is 1.26. The third-order valence-corrected chi connectivity index (χ3v) is 2.88. The monoisotopic (exact) mass is 177 g/mol. The van der Waals surface area contributed by atoms with Gasteiger partial charge >= 0.3 is 0 Å². The fourth-order valence-corrected chi connectivity index (χ4v) is 1.82. The van der Waals surface area contributed by atoms with E-state index in [4.69, 9.17) is 4.74 Å². The first-order valence-electron chi connectivity index (χ1n) is 4.67. The van der Waals surface area contributed by atoms with Crippen LogP contribution in [0.15, 0.2) is 18.2 Å². The Balaban J connectivity index is 2.42. The molecule has 1 heterocycles. The summed E-state index contributed by atoms with van der Waals surface area (Å²) >= 11 is 0. The summed E-state index contributed by atoms with van der Waals surface area (Å²) in [5.41, 5.74) is 2.62. The lowest BCUT2D eigenvalue weighted by Gasteiger charge is -2.08. The van der Waals surface area contributed by atoms with Crippen molar-refractivity contribution >= 4 is 5.69 Å². The summed E-state index contributed by atoms with van der Waals surface area (Å²) in [7, 11) is 1.71. The maximum atomic E-state index is 5.20. The van der Waals surface area contributed by atoms with E-state index in [-0.39, 0.29) is 0 Å². The molecule has 0 aliphatic carbocycles. The molecule has 2 heteroatoms. The second-order valence-electron chi connectivity index (χ2n) is 3.67. The number of nitrogens with one attached hydrogen (secondary N) is 1. The lowest BCUT2D eigenvalue weighted by atomic mass is 9.98. The highest BCUT2D eigenvalue weighted by molar-refractivity contribution is 5.61. The van der Waals surface area contributed by atoms with Crippen molar-refractivity contribution in [2.75, 3.05) is 12.4 Å². The predicted molar refractivity (Wildman–Crippen MR) is 54.5 cm³/mol. The van der Waals surface area contributed by atoms with E-state index in [0.29, 0.717) is 12.0 Å². The summed E-state index contributed by atoms with van der Waals surface area (Å²) in [6, 6.07) is 6.74. The van der Waals surface area contributed by atoms with Crippen molar-refractivity contribution < 1.29 is 4.74 Å². The summed E-state index contributed by atoms with van der Waals surface area (Å²) in [6.07, 6.45) is 0. The van der Waals surface area contributed by atoms with Crippen molar-refractivity contribution in [1.29, 1.82) is 0 Å². The molecule has 0 aromatic heterocycles. The molecule has 70 valence electrons. The first-order chi connectivity index (χ1) is 6.22. The van der Waals surface area contributed by atoms with Crippen LogP contribution in [-0.2, 0) is 0 Å². The average molecular weight is 177 g/mol. The van der Waals surface area contributed by atoms with E-state index in [0.717, 1.165) is 5.75 Å². The molecular weight excluding hydrogens is 162 g/mol. The van der Waals surface area contributed by atoms with Crippen LogP contribution < -0.4 is 10.1 Å². The van der Waals surface area contributed by atoms with Crippen LogP contribution in [0.4, 0.5) is 5.69 Å². The van der Waals surface area contributed by atoms with Crippen LogP contribution in [0.3, 0.4) is 0 Å². The molecule has 2 atom stereocenters. The molecule has 0 unspecified atom stereocenters. The average Bonchev–Trinajstić information content (AvgIpc) is 2.43. The quantitative estimate of drug-likeness (QED) is 0.712. The zero-order chi connectivity index (χ0) is 9.42. The van der Waals surface area contributed by atoms with E-state index in [2.05, 4.69) is 31.3 Å². The molecule has 2 rings (SSSR count). The largest absolute Gasteiger partial charge is 0.497 e. The zero-order valence-corrected chi connectivity index (χ0v) is 8.29. The molecule has 1 N–H and O–H groups in total. The van der Waals surface area contributed by atoms with Gasteiger partial charge < -0.3 is 10.1 Å². The SMILES string of the molecule is COc1ccc2c(c1)[C@@H](C)[C@@H](C)N2. The Kier molecular flexibility index (Phi) is 1.91. The predicted octanol–water partition coefficient (Wildman–Crippen LogP) is 2.61. The Bertz CT molecular complexity index is 322. The molecule has 0 radical (unpaired) electrons. The van der Waals surface area contributed by atoms with Crippen LogP contribution >= 0.6 is 0 Å². The van der Waals surface area contributed by atoms with Gasteiger partial charge in [-0.15, -0.1) is 0 Å². The molecular formula is C11H15NO. The number of anilines is 1. The van der Waals surface area contributed by atoms with Gasteiger partial charge in [0.15, 0.2) is 0 Å². The van der Waals surface area contributed by atoms with Crippen LogP contribution in [0.2, 0.25) is 0 Å². The summed E-state index contributed by atoms with van der Waals surface area (Å²) in [5, 5.41) is 3.44. The number of rotatable bonds is 1. The normalized spacial score (nSPS) is 25.2. The minimum absolute atomic E-state index is 0.530. The molecule has 1 aliphatic rings. The van der Waals surface area contributed by atoms with Crippen molar-refractivity contribution in [2.45, 2.75) is 25.8 Å². The van der Waals surface area contributed by atoms with Crippen LogP contribution in [0.5, 0.6) is 5.75 Å². The number of ether oxygens (including phenoxy) is 1. The minimum atomic E-state index is 0.530. The van der Waals surface area contributed by atoms with Crippen LogP contribution in [0, 0.1) is 0 Å². The molecule has 0 saturated carbocycles. The molecule has 2 nitrogen and oxygen atoms in total. The molecule has 13 heavy (non-hydrogen) atoms. The highest BCUT2D eigenvalue weighted by atomic mass is 16.5. The van der Waals surface area contributed by atoms with Crippen molar-refractivity contribution in [3.63, 3.8) is 0 Å². The van der Waals surface area contributed by atoms with Crippen LogP contribution in [0.1, 0.15) is 25.3 Å². The number of methoxy groups -OCH3 is 1. The second-order valence-corrected chi connectivity index (χ2v) is 3.67. The van der Waals surface area contributed by atoms with Crippen LogP contribution in [-0.4, -0.2) is 13.2 Å². The minimum Gasteiger partial charge on any atom is -0.497 e. The summed E-state index contributed by atoms with van der Waals surface area (Å²) in [4.78, 5) is 0. The molecule has 0 bridgehead atoms. The fraction of sp³-hybridized carbons (Fsp3) is 0.455. The molecule has 1 aromatic rings. The Labute approximate surface area is 78.9 Å². The maximum absolute atomic E-state index is 5.20. The molecule has 1 aromatic carbocycles. The Morgan fingerprint density at radius 2 is 2.08 bits per heavy atom. The first-order valence-corrected chi connectivity index (χ1v) is 4.67. The molecule has 0 spiro atoms. The van der Waals surface area contributed by atoms with Gasteiger partial charge in [-0.3, -0.25) is 0 Å². The van der Waals surface area contributed by atoms with E-state index in [1.165, 1.54) is 11.3 Å². The number of hydrogen-bond acceptors (Lipinski definition) is 2. The Hall–Kier alpha value is -1.18. The van der Waals surface area contributed by atoms with Gasteiger partial charge in [-0.05, 0) is 30.7 Å². The van der Waals surface area contributed by atoms with Crippen molar-refractivity contribution in [3.05, 3.63) is 23.8 Å². The fourth-order valence-electron chi connectivity index (χ4n) is 1.82. The van der Waals surface area contributed by atoms with Crippen LogP contribution in [0.25, 0.3) is 0 Å². The van der Waals surface area contributed by atoms with Gasteiger partial charge in [0, 0.05) is 17.6 Å². The third-order valence-electron chi connectivity index (χ3n) is 2.88. The lowest BCUT2D eigenvalue weighted by Crippen LogP contribution is -2.12. The lowest BCUT2D eigenvalue weighted by molar-refractivity contribution is 0.414. The smallest absolute Gasteiger partial charge is 0.119 e. The van der Waals surface area contributed by atoms with E-state index in [9.17, 15) is 0 Å². The summed E-state index contributed by atoms with van der Waals surface area (Å²) in [6.45, 7) is 4.44. The zero-order valence-electron chi connectivity index (χ0n) is 8.29. The van der Waals surface area contributed by atoms with Crippen molar-refractivity contribution in [1.82, 2.24) is 0 Å². The van der Waals surface area contributed by atoms with E-state index in [1.54, 1.807) is 7.11 Å². The van der Waals surface area contributed by atoms with Crippen molar-refractivity contribution in [3.8, 4) is 5.75 Å². The highest BCUT2D eigenvalue weighted by Gasteiger charge is 2.24. The summed E-state index contributed by atoms with van der Waals surface area (Å²) in [5.74, 6) is 1.52. The van der Waals surface area contributed by atoms with Gasteiger partial charge in [-0.2, -0.15) is 0 Å². The first kappa shape index (κ1) is 8.42. The van der Waals surface area contributed by atoms with Gasteiger partial charge in [-0.25, -0.2) is 0 Å².